The van der Waals surface area contributed by atoms with E-state index in [-0.39, 0.29) is 6.10 Å². The number of aliphatic hydroxyl groups is 1. The Kier molecular flexibility index (Phi) is 4.08. The number of hydrogen-bond donors (Lipinski definition) is 2. The van der Waals surface area contributed by atoms with E-state index in [1.54, 1.807) is 0 Å². The standard InChI is InChI=1S/C20H23N3O/c1-23-13-18-9-8-16(11-19(18)22-23)14-4-6-15(7-5-14)20(24)17-3-2-10-21-12-17/h4-9,11,13,17,20-21,24H,2-3,10,12H2,1H3. The molecule has 3 aromatic rings. The summed E-state index contributed by atoms with van der Waals surface area (Å²) in [5.74, 6) is 0.314. The van der Waals surface area contributed by atoms with Crippen LogP contribution in [-0.2, 0) is 7.05 Å². The van der Waals surface area contributed by atoms with Crippen molar-refractivity contribution in [2.45, 2.75) is 18.9 Å². The lowest BCUT2D eigenvalue weighted by atomic mass is 9.89. The first-order chi connectivity index (χ1) is 11.7. The highest BCUT2D eigenvalue weighted by Gasteiger charge is 2.22. The SMILES string of the molecule is Cn1cc2ccc(-c3ccc(C(O)C4CCCNC4)cc3)cc2n1. The van der Waals surface area contributed by atoms with Gasteiger partial charge in [-0.2, -0.15) is 5.10 Å². The van der Waals surface area contributed by atoms with Gasteiger partial charge in [0.1, 0.15) is 0 Å². The van der Waals surface area contributed by atoms with Gasteiger partial charge in [0.15, 0.2) is 0 Å². The van der Waals surface area contributed by atoms with Crippen LogP contribution in [0.4, 0.5) is 0 Å². The molecule has 4 nitrogen and oxygen atoms in total. The van der Waals surface area contributed by atoms with Crippen LogP contribution in [0, 0.1) is 5.92 Å². The number of nitrogens with zero attached hydrogens (tertiary/aromatic N) is 2. The molecule has 2 N–H and O–H groups in total. The maximum atomic E-state index is 10.6. The Balaban J connectivity index is 1.57. The van der Waals surface area contributed by atoms with Gasteiger partial charge in [-0.25, -0.2) is 0 Å². The minimum atomic E-state index is -0.384. The summed E-state index contributed by atoms with van der Waals surface area (Å²) in [7, 11) is 1.94. The lowest BCUT2D eigenvalue weighted by Gasteiger charge is -2.27. The van der Waals surface area contributed by atoms with Crippen molar-refractivity contribution in [3.05, 3.63) is 54.2 Å². The first kappa shape index (κ1) is 15.4. The molecule has 1 aromatic heterocycles. The summed E-state index contributed by atoms with van der Waals surface area (Å²) < 4.78 is 1.84. The Morgan fingerprint density at radius 2 is 1.96 bits per heavy atom. The Bertz CT molecular complexity index is 832. The highest BCUT2D eigenvalue weighted by molar-refractivity contribution is 5.83. The lowest BCUT2D eigenvalue weighted by molar-refractivity contribution is 0.0922. The molecule has 2 atom stereocenters. The average Bonchev–Trinajstić information content (AvgIpc) is 3.01. The molecule has 1 saturated heterocycles. The molecule has 0 bridgehead atoms. The van der Waals surface area contributed by atoms with Gasteiger partial charge in [0.25, 0.3) is 0 Å². The molecule has 0 spiro atoms. The van der Waals surface area contributed by atoms with E-state index < -0.39 is 0 Å². The molecular weight excluding hydrogens is 298 g/mol. The number of aliphatic hydroxyl groups excluding tert-OH is 1. The van der Waals surface area contributed by atoms with E-state index in [0.717, 1.165) is 53.5 Å². The summed E-state index contributed by atoms with van der Waals surface area (Å²) >= 11 is 0. The zero-order chi connectivity index (χ0) is 16.5. The second kappa shape index (κ2) is 6.38. The number of aryl methyl sites for hydroxylation is 1. The third-order valence-electron chi connectivity index (χ3n) is 4.99. The topological polar surface area (TPSA) is 50.1 Å². The van der Waals surface area contributed by atoms with Gasteiger partial charge in [-0.05, 0) is 42.1 Å². The smallest absolute Gasteiger partial charge is 0.0929 e. The van der Waals surface area contributed by atoms with E-state index >= 15 is 0 Å². The highest BCUT2D eigenvalue weighted by Crippen LogP contribution is 2.29. The molecule has 24 heavy (non-hydrogen) atoms. The minimum absolute atomic E-state index is 0.314. The van der Waals surface area contributed by atoms with Crippen LogP contribution < -0.4 is 5.32 Å². The van der Waals surface area contributed by atoms with Gasteiger partial charge >= 0.3 is 0 Å². The fraction of sp³-hybridized carbons (Fsp3) is 0.350. The molecular formula is C20H23N3O. The molecule has 0 saturated carbocycles. The maximum absolute atomic E-state index is 10.6. The van der Waals surface area contributed by atoms with Crippen LogP contribution in [0.5, 0.6) is 0 Å². The monoisotopic (exact) mass is 321 g/mol. The summed E-state index contributed by atoms with van der Waals surface area (Å²) in [5.41, 5.74) is 4.32. The molecule has 4 rings (SSSR count). The highest BCUT2D eigenvalue weighted by atomic mass is 16.3. The van der Waals surface area contributed by atoms with Crippen molar-refractivity contribution in [1.29, 1.82) is 0 Å². The van der Waals surface area contributed by atoms with E-state index in [2.05, 4.69) is 52.9 Å². The van der Waals surface area contributed by atoms with Gasteiger partial charge in [0, 0.05) is 31.1 Å². The number of benzene rings is 2. The molecule has 2 unspecified atom stereocenters. The molecule has 0 radical (unpaired) electrons. The predicted octanol–water partition coefficient (Wildman–Crippen LogP) is 3.27. The van der Waals surface area contributed by atoms with E-state index in [1.807, 2.05) is 17.9 Å². The largest absolute Gasteiger partial charge is 0.388 e. The van der Waals surface area contributed by atoms with Crippen molar-refractivity contribution in [3.8, 4) is 11.1 Å². The third kappa shape index (κ3) is 2.95. The fourth-order valence-electron chi connectivity index (χ4n) is 3.61. The summed E-state index contributed by atoms with van der Waals surface area (Å²) in [4.78, 5) is 0. The Labute approximate surface area is 142 Å². The van der Waals surface area contributed by atoms with Gasteiger partial charge < -0.3 is 10.4 Å². The van der Waals surface area contributed by atoms with Crippen LogP contribution in [0.2, 0.25) is 0 Å². The number of nitrogens with one attached hydrogen (secondary N) is 1. The van der Waals surface area contributed by atoms with Gasteiger partial charge in [0.05, 0.1) is 11.6 Å². The Morgan fingerprint density at radius 1 is 1.17 bits per heavy atom. The normalized spacial score (nSPS) is 19.5. The first-order valence-electron chi connectivity index (χ1n) is 8.63. The van der Waals surface area contributed by atoms with Crippen LogP contribution >= 0.6 is 0 Å². The lowest BCUT2D eigenvalue weighted by Crippen LogP contribution is -2.33. The Morgan fingerprint density at radius 3 is 2.71 bits per heavy atom. The maximum Gasteiger partial charge on any atom is 0.0929 e. The van der Waals surface area contributed by atoms with Crippen molar-refractivity contribution in [1.82, 2.24) is 15.1 Å². The first-order valence-corrected chi connectivity index (χ1v) is 8.63. The summed E-state index contributed by atoms with van der Waals surface area (Å²) in [6.07, 6.45) is 3.87. The third-order valence-corrected chi connectivity index (χ3v) is 4.99. The van der Waals surface area contributed by atoms with Crippen LogP contribution in [-0.4, -0.2) is 28.0 Å². The van der Waals surface area contributed by atoms with Crippen LogP contribution in [0.15, 0.2) is 48.7 Å². The van der Waals surface area contributed by atoms with Gasteiger partial charge in [0.2, 0.25) is 0 Å². The summed E-state index contributed by atoms with van der Waals surface area (Å²) in [6, 6.07) is 14.6. The molecule has 4 heteroatoms. The van der Waals surface area contributed by atoms with Crippen molar-refractivity contribution < 1.29 is 5.11 Å². The quantitative estimate of drug-likeness (QED) is 0.778. The second-order valence-corrected chi connectivity index (χ2v) is 6.75. The van der Waals surface area contributed by atoms with Crippen LogP contribution in [0.3, 0.4) is 0 Å². The summed E-state index contributed by atoms with van der Waals surface area (Å²) in [6.45, 7) is 1.97. The van der Waals surface area contributed by atoms with Crippen LogP contribution in [0.25, 0.3) is 22.0 Å². The average molecular weight is 321 g/mol. The van der Waals surface area contributed by atoms with E-state index in [1.165, 1.54) is 0 Å². The van der Waals surface area contributed by atoms with Crippen molar-refractivity contribution in [3.63, 3.8) is 0 Å². The molecule has 0 amide bonds. The van der Waals surface area contributed by atoms with E-state index in [9.17, 15) is 5.11 Å². The van der Waals surface area contributed by atoms with Crippen LogP contribution in [0.1, 0.15) is 24.5 Å². The molecule has 2 aromatic carbocycles. The van der Waals surface area contributed by atoms with Gasteiger partial charge in [-0.15, -0.1) is 0 Å². The molecule has 2 heterocycles. The minimum Gasteiger partial charge on any atom is -0.388 e. The van der Waals surface area contributed by atoms with Gasteiger partial charge in [-0.3, -0.25) is 4.68 Å². The zero-order valence-corrected chi connectivity index (χ0v) is 13.9. The number of aromatic nitrogens is 2. The molecule has 124 valence electrons. The number of piperidine rings is 1. The second-order valence-electron chi connectivity index (χ2n) is 6.75. The number of hydrogen-bond acceptors (Lipinski definition) is 3. The van der Waals surface area contributed by atoms with Crippen molar-refractivity contribution >= 4 is 10.9 Å². The molecule has 1 fully saturated rings. The fourth-order valence-corrected chi connectivity index (χ4v) is 3.61. The van der Waals surface area contributed by atoms with E-state index in [0.29, 0.717) is 5.92 Å². The number of fused-ring (bicyclic) bond motifs is 1. The number of rotatable bonds is 3. The van der Waals surface area contributed by atoms with Crippen molar-refractivity contribution in [2.75, 3.05) is 13.1 Å². The van der Waals surface area contributed by atoms with Gasteiger partial charge in [-0.1, -0.05) is 36.4 Å². The molecule has 1 aliphatic heterocycles. The van der Waals surface area contributed by atoms with E-state index in [4.69, 9.17) is 0 Å². The molecule has 1 aliphatic rings. The summed E-state index contributed by atoms with van der Waals surface area (Å²) in [5, 5.41) is 19.6. The predicted molar refractivity (Wildman–Crippen MR) is 96.7 cm³/mol. The zero-order valence-electron chi connectivity index (χ0n) is 13.9. The Hall–Kier alpha value is -2.17. The molecule has 0 aliphatic carbocycles. The van der Waals surface area contributed by atoms with Crippen molar-refractivity contribution in [2.24, 2.45) is 13.0 Å².